The third kappa shape index (κ3) is 4.31. The standard InChI is InChI=1S/C22H21N3O5S/c1-2-21(26)23-16-5-8-18(9-6-16)31(28,29)24-17-7-10-19-15(14-17)11-12-25(19)22(27)20-4-3-13-30-20/h3-10,13-14,24H,2,11-12H2,1H3,(H,23,26). The highest BCUT2D eigenvalue weighted by atomic mass is 32.2. The van der Waals surface area contributed by atoms with E-state index in [-0.39, 0.29) is 22.5 Å². The topological polar surface area (TPSA) is 109 Å². The summed E-state index contributed by atoms with van der Waals surface area (Å²) in [6, 6.07) is 14.3. The number of rotatable bonds is 6. The molecule has 2 aromatic carbocycles. The molecule has 8 nitrogen and oxygen atoms in total. The fourth-order valence-corrected chi connectivity index (χ4v) is 4.44. The maximum Gasteiger partial charge on any atom is 0.293 e. The molecule has 2 N–H and O–H groups in total. The Morgan fingerprint density at radius 1 is 1.06 bits per heavy atom. The van der Waals surface area contributed by atoms with Crippen LogP contribution in [0.1, 0.15) is 29.5 Å². The number of sulfonamides is 1. The minimum absolute atomic E-state index is 0.0807. The molecule has 4 rings (SSSR count). The molecule has 0 saturated carbocycles. The first-order valence-corrected chi connectivity index (χ1v) is 11.3. The number of nitrogens with one attached hydrogen (secondary N) is 2. The SMILES string of the molecule is CCC(=O)Nc1ccc(S(=O)(=O)Nc2ccc3c(c2)CCN3C(=O)c2ccco2)cc1. The Bertz CT molecular complexity index is 1220. The smallest absolute Gasteiger partial charge is 0.293 e. The summed E-state index contributed by atoms with van der Waals surface area (Å²) in [6.45, 7) is 2.23. The lowest BCUT2D eigenvalue weighted by molar-refractivity contribution is -0.115. The molecular weight excluding hydrogens is 418 g/mol. The van der Waals surface area contributed by atoms with Gasteiger partial charge < -0.3 is 14.6 Å². The highest BCUT2D eigenvalue weighted by Gasteiger charge is 2.27. The van der Waals surface area contributed by atoms with Crippen LogP contribution in [0.4, 0.5) is 17.1 Å². The molecule has 1 aromatic heterocycles. The van der Waals surface area contributed by atoms with E-state index in [1.807, 2.05) is 0 Å². The number of hydrogen-bond acceptors (Lipinski definition) is 5. The number of anilines is 3. The van der Waals surface area contributed by atoms with E-state index in [0.717, 1.165) is 11.3 Å². The van der Waals surface area contributed by atoms with Crippen LogP contribution in [0.15, 0.2) is 70.2 Å². The first kappa shape index (κ1) is 20.7. The van der Waals surface area contributed by atoms with Gasteiger partial charge in [0.05, 0.1) is 11.2 Å². The molecule has 0 saturated heterocycles. The number of carbonyl (C=O) groups excluding carboxylic acids is 2. The Morgan fingerprint density at radius 2 is 1.81 bits per heavy atom. The van der Waals surface area contributed by atoms with Gasteiger partial charge in [-0.05, 0) is 66.6 Å². The zero-order valence-corrected chi connectivity index (χ0v) is 17.6. The molecule has 9 heteroatoms. The second kappa shape index (κ2) is 8.27. The fourth-order valence-electron chi connectivity index (χ4n) is 3.39. The number of fused-ring (bicyclic) bond motifs is 1. The Morgan fingerprint density at radius 3 is 2.48 bits per heavy atom. The highest BCUT2D eigenvalue weighted by molar-refractivity contribution is 7.92. The first-order chi connectivity index (χ1) is 14.9. The van der Waals surface area contributed by atoms with Crippen molar-refractivity contribution in [3.63, 3.8) is 0 Å². The van der Waals surface area contributed by atoms with Crippen LogP contribution >= 0.6 is 0 Å². The van der Waals surface area contributed by atoms with E-state index in [0.29, 0.717) is 30.8 Å². The van der Waals surface area contributed by atoms with Crippen LogP contribution in [0.2, 0.25) is 0 Å². The molecule has 0 aliphatic carbocycles. The predicted molar refractivity (Wildman–Crippen MR) is 117 cm³/mol. The van der Waals surface area contributed by atoms with Gasteiger partial charge in [0.15, 0.2) is 5.76 Å². The largest absolute Gasteiger partial charge is 0.459 e. The molecule has 0 atom stereocenters. The van der Waals surface area contributed by atoms with Gasteiger partial charge in [-0.2, -0.15) is 0 Å². The summed E-state index contributed by atoms with van der Waals surface area (Å²) < 4.78 is 33.2. The number of benzene rings is 2. The normalized spacial score (nSPS) is 13.0. The van der Waals surface area contributed by atoms with E-state index in [1.54, 1.807) is 54.3 Å². The van der Waals surface area contributed by atoms with Crippen LogP contribution in [0.25, 0.3) is 0 Å². The number of carbonyl (C=O) groups is 2. The molecular formula is C22H21N3O5S. The van der Waals surface area contributed by atoms with E-state index in [2.05, 4.69) is 10.0 Å². The second-order valence-corrected chi connectivity index (χ2v) is 8.74. The van der Waals surface area contributed by atoms with Gasteiger partial charge in [-0.1, -0.05) is 6.92 Å². The van der Waals surface area contributed by atoms with Crippen molar-refractivity contribution in [2.75, 3.05) is 21.5 Å². The molecule has 0 radical (unpaired) electrons. The third-order valence-electron chi connectivity index (χ3n) is 4.97. The number of hydrogen-bond donors (Lipinski definition) is 2. The zero-order valence-electron chi connectivity index (χ0n) is 16.8. The Labute approximate surface area is 179 Å². The summed E-state index contributed by atoms with van der Waals surface area (Å²) in [7, 11) is -3.81. The third-order valence-corrected chi connectivity index (χ3v) is 6.37. The van der Waals surface area contributed by atoms with E-state index in [1.165, 1.54) is 18.4 Å². The molecule has 0 bridgehead atoms. The highest BCUT2D eigenvalue weighted by Crippen LogP contribution is 2.32. The van der Waals surface area contributed by atoms with Crippen molar-refractivity contribution in [2.24, 2.45) is 0 Å². The van der Waals surface area contributed by atoms with Crippen molar-refractivity contribution < 1.29 is 22.4 Å². The number of nitrogens with zero attached hydrogens (tertiary/aromatic N) is 1. The van der Waals surface area contributed by atoms with Gasteiger partial charge in [-0.3, -0.25) is 14.3 Å². The molecule has 0 fully saturated rings. The molecule has 2 amide bonds. The van der Waals surface area contributed by atoms with Gasteiger partial charge in [0.1, 0.15) is 0 Å². The molecule has 2 heterocycles. The Kier molecular flexibility index (Phi) is 5.51. The van der Waals surface area contributed by atoms with Crippen LogP contribution < -0.4 is 14.9 Å². The van der Waals surface area contributed by atoms with Gasteiger partial charge in [0.2, 0.25) is 5.91 Å². The number of furan rings is 1. The first-order valence-electron chi connectivity index (χ1n) is 9.78. The van der Waals surface area contributed by atoms with E-state index in [9.17, 15) is 18.0 Å². The molecule has 1 aliphatic heterocycles. The van der Waals surface area contributed by atoms with Crippen LogP contribution in [-0.2, 0) is 21.2 Å². The minimum Gasteiger partial charge on any atom is -0.459 e. The lowest BCUT2D eigenvalue weighted by atomic mass is 10.1. The quantitative estimate of drug-likeness (QED) is 0.610. The summed E-state index contributed by atoms with van der Waals surface area (Å²) in [5.41, 5.74) is 2.55. The van der Waals surface area contributed by atoms with Crippen molar-refractivity contribution in [3.8, 4) is 0 Å². The minimum atomic E-state index is -3.81. The molecule has 3 aromatic rings. The summed E-state index contributed by atoms with van der Waals surface area (Å²) in [5.74, 6) is -0.116. The summed E-state index contributed by atoms with van der Waals surface area (Å²) >= 11 is 0. The Hall–Kier alpha value is -3.59. The summed E-state index contributed by atoms with van der Waals surface area (Å²) in [5, 5.41) is 2.68. The number of amides is 2. The molecule has 1 aliphatic rings. The second-order valence-electron chi connectivity index (χ2n) is 7.06. The van der Waals surface area contributed by atoms with Crippen molar-refractivity contribution >= 4 is 38.9 Å². The molecule has 0 spiro atoms. The summed E-state index contributed by atoms with van der Waals surface area (Å²) in [4.78, 5) is 25.7. The van der Waals surface area contributed by atoms with Crippen LogP contribution in [0.3, 0.4) is 0 Å². The maximum atomic E-state index is 12.7. The van der Waals surface area contributed by atoms with E-state index < -0.39 is 10.0 Å². The lowest BCUT2D eigenvalue weighted by Crippen LogP contribution is -2.28. The maximum absolute atomic E-state index is 12.7. The molecule has 160 valence electrons. The zero-order chi connectivity index (χ0) is 22.0. The predicted octanol–water partition coefficient (Wildman–Crippen LogP) is 3.63. The van der Waals surface area contributed by atoms with E-state index in [4.69, 9.17) is 4.42 Å². The van der Waals surface area contributed by atoms with Crippen LogP contribution in [-0.4, -0.2) is 26.8 Å². The van der Waals surface area contributed by atoms with E-state index >= 15 is 0 Å². The average Bonchev–Trinajstić information content (AvgIpc) is 3.43. The van der Waals surface area contributed by atoms with Gasteiger partial charge in [-0.25, -0.2) is 8.42 Å². The van der Waals surface area contributed by atoms with Gasteiger partial charge in [0.25, 0.3) is 15.9 Å². The van der Waals surface area contributed by atoms with Crippen LogP contribution in [0.5, 0.6) is 0 Å². The Balaban J connectivity index is 1.50. The van der Waals surface area contributed by atoms with Crippen molar-refractivity contribution in [1.29, 1.82) is 0 Å². The molecule has 0 unspecified atom stereocenters. The van der Waals surface area contributed by atoms with Gasteiger partial charge >= 0.3 is 0 Å². The average molecular weight is 439 g/mol. The van der Waals surface area contributed by atoms with Crippen LogP contribution in [0, 0.1) is 0 Å². The van der Waals surface area contributed by atoms with Crippen molar-refractivity contribution in [3.05, 3.63) is 72.2 Å². The lowest BCUT2D eigenvalue weighted by Gasteiger charge is -2.16. The molecule has 31 heavy (non-hydrogen) atoms. The van der Waals surface area contributed by atoms with Crippen molar-refractivity contribution in [2.45, 2.75) is 24.7 Å². The van der Waals surface area contributed by atoms with Crippen molar-refractivity contribution in [1.82, 2.24) is 0 Å². The summed E-state index contributed by atoms with van der Waals surface area (Å²) in [6.07, 6.45) is 2.40. The monoisotopic (exact) mass is 439 g/mol. The van der Waals surface area contributed by atoms with Gasteiger partial charge in [0, 0.05) is 30.0 Å². The fraction of sp³-hybridized carbons (Fsp3) is 0.182. The van der Waals surface area contributed by atoms with Gasteiger partial charge in [-0.15, -0.1) is 0 Å².